The van der Waals surface area contributed by atoms with E-state index in [0.29, 0.717) is 10.5 Å². The van der Waals surface area contributed by atoms with E-state index in [-0.39, 0.29) is 5.56 Å². The number of aromatic nitrogens is 2. The van der Waals surface area contributed by atoms with Gasteiger partial charge >= 0.3 is 5.97 Å². The topological polar surface area (TPSA) is 55.1 Å². The molecule has 0 unspecified atom stereocenters. The number of halogens is 1. The predicted octanol–water partition coefficient (Wildman–Crippen LogP) is 3.69. The molecule has 2 aromatic carbocycles. The highest BCUT2D eigenvalue weighted by Crippen LogP contribution is 2.23. The molecule has 1 heterocycles. The standard InChI is InChI=1S/C15H11ClN2O2/c1-9-17-13-8-10(15(19)20)2-7-14(13)18(9)12-5-3-11(16)4-6-12/h2-8H,1H3,(H,19,20). The molecule has 0 atom stereocenters. The normalized spacial score (nSPS) is 10.9. The van der Waals surface area contributed by atoms with Gasteiger partial charge in [-0.05, 0) is 49.4 Å². The first-order valence-corrected chi connectivity index (χ1v) is 6.42. The molecule has 20 heavy (non-hydrogen) atoms. The fraction of sp³-hybridized carbons (Fsp3) is 0.0667. The first kappa shape index (κ1) is 12.7. The molecule has 0 saturated heterocycles. The first-order chi connectivity index (χ1) is 9.56. The van der Waals surface area contributed by atoms with Crippen LogP contribution in [-0.4, -0.2) is 20.6 Å². The highest BCUT2D eigenvalue weighted by atomic mass is 35.5. The zero-order chi connectivity index (χ0) is 14.3. The van der Waals surface area contributed by atoms with E-state index in [0.717, 1.165) is 17.0 Å². The fourth-order valence-electron chi connectivity index (χ4n) is 2.25. The van der Waals surface area contributed by atoms with Crippen LogP contribution in [0.15, 0.2) is 42.5 Å². The van der Waals surface area contributed by atoms with E-state index < -0.39 is 5.97 Å². The van der Waals surface area contributed by atoms with Crippen molar-refractivity contribution in [1.82, 2.24) is 9.55 Å². The number of benzene rings is 2. The summed E-state index contributed by atoms with van der Waals surface area (Å²) in [7, 11) is 0. The quantitative estimate of drug-likeness (QED) is 0.782. The monoisotopic (exact) mass is 286 g/mol. The molecule has 0 aliphatic carbocycles. The van der Waals surface area contributed by atoms with Crippen LogP contribution in [-0.2, 0) is 0 Å². The summed E-state index contributed by atoms with van der Waals surface area (Å²) in [6, 6.07) is 12.4. The second-order valence-corrected chi connectivity index (χ2v) is 4.92. The van der Waals surface area contributed by atoms with Gasteiger partial charge < -0.3 is 5.11 Å². The molecule has 0 radical (unpaired) electrons. The van der Waals surface area contributed by atoms with Crippen LogP contribution in [0.3, 0.4) is 0 Å². The van der Waals surface area contributed by atoms with Crippen molar-refractivity contribution in [3.63, 3.8) is 0 Å². The maximum atomic E-state index is 11.0. The van der Waals surface area contributed by atoms with Crippen LogP contribution < -0.4 is 0 Å². The van der Waals surface area contributed by atoms with E-state index in [1.807, 2.05) is 35.8 Å². The van der Waals surface area contributed by atoms with Crippen molar-refractivity contribution >= 4 is 28.6 Å². The van der Waals surface area contributed by atoms with Crippen LogP contribution in [0.25, 0.3) is 16.7 Å². The lowest BCUT2D eigenvalue weighted by Gasteiger charge is -2.07. The van der Waals surface area contributed by atoms with E-state index in [9.17, 15) is 4.79 Å². The summed E-state index contributed by atoms with van der Waals surface area (Å²) >= 11 is 5.90. The third-order valence-electron chi connectivity index (χ3n) is 3.15. The van der Waals surface area contributed by atoms with Gasteiger partial charge in [0, 0.05) is 10.7 Å². The SMILES string of the molecule is Cc1nc2cc(C(=O)O)ccc2n1-c1ccc(Cl)cc1. The average molecular weight is 287 g/mol. The van der Waals surface area contributed by atoms with Crippen molar-refractivity contribution in [3.05, 3.63) is 58.9 Å². The largest absolute Gasteiger partial charge is 0.478 e. The number of imidazole rings is 1. The van der Waals surface area contributed by atoms with E-state index in [4.69, 9.17) is 16.7 Å². The maximum absolute atomic E-state index is 11.0. The molecule has 0 spiro atoms. The number of carboxylic acid groups (broad SMARTS) is 1. The molecular weight excluding hydrogens is 276 g/mol. The molecule has 3 rings (SSSR count). The number of hydrogen-bond acceptors (Lipinski definition) is 2. The predicted molar refractivity (Wildman–Crippen MR) is 77.8 cm³/mol. The number of fused-ring (bicyclic) bond motifs is 1. The Morgan fingerprint density at radius 2 is 1.90 bits per heavy atom. The summed E-state index contributed by atoms with van der Waals surface area (Å²) in [6.45, 7) is 1.88. The summed E-state index contributed by atoms with van der Waals surface area (Å²) in [5.74, 6) is -0.157. The Morgan fingerprint density at radius 3 is 2.55 bits per heavy atom. The number of aryl methyl sites for hydroxylation is 1. The Morgan fingerprint density at radius 1 is 1.20 bits per heavy atom. The Balaban J connectivity index is 2.23. The highest BCUT2D eigenvalue weighted by Gasteiger charge is 2.11. The van der Waals surface area contributed by atoms with E-state index in [1.165, 1.54) is 0 Å². The van der Waals surface area contributed by atoms with Crippen LogP contribution in [0, 0.1) is 6.92 Å². The molecule has 0 saturated carbocycles. The van der Waals surface area contributed by atoms with Gasteiger partial charge in [0.2, 0.25) is 0 Å². The van der Waals surface area contributed by atoms with E-state index >= 15 is 0 Å². The number of hydrogen-bond donors (Lipinski definition) is 1. The Hall–Kier alpha value is -2.33. The maximum Gasteiger partial charge on any atom is 0.335 e. The molecule has 0 fully saturated rings. The first-order valence-electron chi connectivity index (χ1n) is 6.04. The summed E-state index contributed by atoms with van der Waals surface area (Å²) in [5.41, 5.74) is 2.71. The van der Waals surface area contributed by atoms with Crippen LogP contribution in [0.4, 0.5) is 0 Å². The van der Waals surface area contributed by atoms with Gasteiger partial charge in [-0.1, -0.05) is 11.6 Å². The Kier molecular flexibility index (Phi) is 2.95. The van der Waals surface area contributed by atoms with Crippen LogP contribution in [0.1, 0.15) is 16.2 Å². The third kappa shape index (κ3) is 2.04. The third-order valence-corrected chi connectivity index (χ3v) is 3.41. The van der Waals surface area contributed by atoms with E-state index in [2.05, 4.69) is 4.98 Å². The molecule has 100 valence electrons. The lowest BCUT2D eigenvalue weighted by molar-refractivity contribution is 0.0697. The van der Waals surface area contributed by atoms with Crippen LogP contribution >= 0.6 is 11.6 Å². The number of nitrogens with zero attached hydrogens (tertiary/aromatic N) is 2. The van der Waals surface area contributed by atoms with Crippen molar-refractivity contribution in [2.45, 2.75) is 6.92 Å². The Labute approximate surface area is 120 Å². The van der Waals surface area contributed by atoms with Gasteiger partial charge in [0.1, 0.15) is 5.82 Å². The molecular formula is C15H11ClN2O2. The Bertz CT molecular complexity index is 807. The summed E-state index contributed by atoms with van der Waals surface area (Å²) in [5, 5.41) is 9.69. The zero-order valence-electron chi connectivity index (χ0n) is 10.7. The second-order valence-electron chi connectivity index (χ2n) is 4.48. The minimum atomic E-state index is -0.953. The van der Waals surface area contributed by atoms with Crippen molar-refractivity contribution in [3.8, 4) is 5.69 Å². The molecule has 4 nitrogen and oxygen atoms in total. The highest BCUT2D eigenvalue weighted by molar-refractivity contribution is 6.30. The smallest absolute Gasteiger partial charge is 0.335 e. The molecule has 0 amide bonds. The minimum Gasteiger partial charge on any atom is -0.478 e. The van der Waals surface area contributed by atoms with Crippen LogP contribution in [0.2, 0.25) is 5.02 Å². The molecule has 1 N–H and O–H groups in total. The molecule has 0 bridgehead atoms. The minimum absolute atomic E-state index is 0.234. The van der Waals surface area contributed by atoms with Gasteiger partial charge in [-0.25, -0.2) is 9.78 Å². The number of carboxylic acids is 1. The van der Waals surface area contributed by atoms with Gasteiger partial charge in [-0.3, -0.25) is 4.57 Å². The van der Waals surface area contributed by atoms with Gasteiger partial charge in [-0.15, -0.1) is 0 Å². The van der Waals surface area contributed by atoms with Crippen molar-refractivity contribution in [2.24, 2.45) is 0 Å². The van der Waals surface area contributed by atoms with Crippen LogP contribution in [0.5, 0.6) is 0 Å². The zero-order valence-corrected chi connectivity index (χ0v) is 11.4. The molecule has 0 aliphatic heterocycles. The van der Waals surface area contributed by atoms with Gasteiger partial charge in [0.25, 0.3) is 0 Å². The lowest BCUT2D eigenvalue weighted by atomic mass is 10.2. The molecule has 1 aromatic heterocycles. The summed E-state index contributed by atoms with van der Waals surface area (Å²) in [6.07, 6.45) is 0. The van der Waals surface area contributed by atoms with Crippen molar-refractivity contribution in [1.29, 1.82) is 0 Å². The summed E-state index contributed by atoms with van der Waals surface area (Å²) in [4.78, 5) is 15.4. The molecule has 3 aromatic rings. The lowest BCUT2D eigenvalue weighted by Crippen LogP contribution is -1.97. The van der Waals surface area contributed by atoms with Crippen molar-refractivity contribution < 1.29 is 9.90 Å². The van der Waals surface area contributed by atoms with Gasteiger partial charge in [0.05, 0.1) is 16.6 Å². The fourth-order valence-corrected chi connectivity index (χ4v) is 2.38. The number of carbonyl (C=O) groups is 1. The van der Waals surface area contributed by atoms with Gasteiger partial charge in [0.15, 0.2) is 0 Å². The average Bonchev–Trinajstić information content (AvgIpc) is 2.74. The molecule has 0 aliphatic rings. The number of aromatic carboxylic acids is 1. The second kappa shape index (κ2) is 4.65. The molecule has 5 heteroatoms. The van der Waals surface area contributed by atoms with Gasteiger partial charge in [-0.2, -0.15) is 0 Å². The number of rotatable bonds is 2. The van der Waals surface area contributed by atoms with Crippen molar-refractivity contribution in [2.75, 3.05) is 0 Å². The summed E-state index contributed by atoms with van der Waals surface area (Å²) < 4.78 is 1.97. The van der Waals surface area contributed by atoms with E-state index in [1.54, 1.807) is 18.2 Å².